The molecule has 4 N–H and O–H groups in total. The molecular weight excluding hydrogens is 377 g/mol. The van der Waals surface area contributed by atoms with Crippen LogP contribution in [-0.2, 0) is 0 Å². The summed E-state index contributed by atoms with van der Waals surface area (Å²) >= 11 is 2.25. The summed E-state index contributed by atoms with van der Waals surface area (Å²) in [5.74, 6) is 0.517. The predicted octanol–water partition coefficient (Wildman–Crippen LogP) is 3.09. The van der Waals surface area contributed by atoms with E-state index in [2.05, 4.69) is 28.7 Å². The molecule has 5 heteroatoms. The van der Waals surface area contributed by atoms with Crippen molar-refractivity contribution in [1.82, 2.24) is 0 Å². The number of nitrogen functional groups attached to an aromatic ring is 1. The average Bonchev–Trinajstić information content (AvgIpc) is 2.45. The van der Waals surface area contributed by atoms with Crippen LogP contribution in [0.15, 0.2) is 53.9 Å². The minimum Gasteiger partial charge on any atom is -0.440 e. The Hall–Kier alpha value is -2.20. The van der Waals surface area contributed by atoms with Crippen molar-refractivity contribution in [3.8, 4) is 11.8 Å². The maximum absolute atomic E-state index is 9.45. The summed E-state index contributed by atoms with van der Waals surface area (Å²) < 4.78 is 6.65. The molecule has 0 unspecified atom stereocenters. The van der Waals surface area contributed by atoms with Crippen molar-refractivity contribution in [2.45, 2.75) is 5.92 Å². The van der Waals surface area contributed by atoms with Crippen LogP contribution in [0.1, 0.15) is 17.0 Å². The highest BCUT2D eigenvalue weighted by Crippen LogP contribution is 2.42. The van der Waals surface area contributed by atoms with Crippen LogP contribution in [0.3, 0.4) is 0 Å². The van der Waals surface area contributed by atoms with E-state index in [9.17, 15) is 5.26 Å². The Kier molecular flexibility index (Phi) is 3.47. The second kappa shape index (κ2) is 5.30. The monoisotopic (exact) mass is 389 g/mol. The van der Waals surface area contributed by atoms with Gasteiger partial charge in [0, 0.05) is 20.9 Å². The Labute approximate surface area is 136 Å². The number of benzene rings is 2. The molecule has 0 fully saturated rings. The van der Waals surface area contributed by atoms with E-state index >= 15 is 0 Å². The summed E-state index contributed by atoms with van der Waals surface area (Å²) in [6.45, 7) is 0. The fraction of sp³-hybridized carbons (Fsp3) is 0.0625. The molecule has 0 radical (unpaired) electrons. The van der Waals surface area contributed by atoms with E-state index < -0.39 is 0 Å². The van der Waals surface area contributed by atoms with Crippen molar-refractivity contribution in [2.75, 3.05) is 5.73 Å². The van der Waals surface area contributed by atoms with Crippen LogP contribution in [0, 0.1) is 14.9 Å². The van der Waals surface area contributed by atoms with Crippen molar-refractivity contribution in [1.29, 1.82) is 5.26 Å². The van der Waals surface area contributed by atoms with Crippen molar-refractivity contribution in [3.63, 3.8) is 0 Å². The molecule has 0 aliphatic carbocycles. The molecule has 1 heterocycles. The first-order valence-electron chi connectivity index (χ1n) is 6.32. The molecule has 1 aliphatic heterocycles. The van der Waals surface area contributed by atoms with Gasteiger partial charge < -0.3 is 16.2 Å². The number of hydrogen-bond donors (Lipinski definition) is 2. The first kappa shape index (κ1) is 13.8. The Morgan fingerprint density at radius 3 is 2.67 bits per heavy atom. The Balaban J connectivity index is 2.24. The summed E-state index contributed by atoms with van der Waals surface area (Å²) in [6, 6.07) is 15.6. The summed E-state index contributed by atoms with van der Waals surface area (Å²) in [4.78, 5) is 0. The fourth-order valence-electron chi connectivity index (χ4n) is 2.50. The third kappa shape index (κ3) is 2.43. The molecule has 0 saturated heterocycles. The van der Waals surface area contributed by atoms with E-state index in [-0.39, 0.29) is 11.8 Å². The molecule has 0 spiro atoms. The summed E-state index contributed by atoms with van der Waals surface area (Å²) in [6.07, 6.45) is 0. The molecule has 0 amide bonds. The largest absolute Gasteiger partial charge is 0.440 e. The molecule has 104 valence electrons. The average molecular weight is 389 g/mol. The van der Waals surface area contributed by atoms with Crippen LogP contribution in [0.5, 0.6) is 5.75 Å². The molecule has 2 aromatic rings. The molecular formula is C16H12IN3O. The first-order chi connectivity index (χ1) is 10.1. The smallest absolute Gasteiger partial charge is 0.205 e. The maximum Gasteiger partial charge on any atom is 0.205 e. The number of allylic oxidation sites excluding steroid dienone is 1. The van der Waals surface area contributed by atoms with Crippen LogP contribution in [0.25, 0.3) is 0 Å². The topological polar surface area (TPSA) is 85.1 Å². The summed E-state index contributed by atoms with van der Waals surface area (Å²) in [7, 11) is 0. The number of rotatable bonds is 1. The molecule has 21 heavy (non-hydrogen) atoms. The van der Waals surface area contributed by atoms with Crippen LogP contribution < -0.4 is 16.2 Å². The van der Waals surface area contributed by atoms with E-state index in [1.54, 1.807) is 12.1 Å². The molecule has 2 aromatic carbocycles. The van der Waals surface area contributed by atoms with E-state index in [0.717, 1.165) is 14.7 Å². The number of ether oxygens (including phenoxy) is 1. The minimum atomic E-state index is -0.228. The van der Waals surface area contributed by atoms with Gasteiger partial charge in [-0.05, 0) is 46.4 Å². The minimum absolute atomic E-state index is 0.138. The second-order valence-electron chi connectivity index (χ2n) is 4.78. The molecule has 0 aromatic heterocycles. The lowest BCUT2D eigenvalue weighted by molar-refractivity contribution is 0.394. The Morgan fingerprint density at radius 2 is 1.95 bits per heavy atom. The van der Waals surface area contributed by atoms with E-state index in [1.807, 2.05) is 30.3 Å². The van der Waals surface area contributed by atoms with Crippen molar-refractivity contribution in [2.24, 2.45) is 5.73 Å². The lowest BCUT2D eigenvalue weighted by atomic mass is 9.83. The third-order valence-corrected chi connectivity index (χ3v) is 4.10. The lowest BCUT2D eigenvalue weighted by Gasteiger charge is -2.26. The van der Waals surface area contributed by atoms with Crippen LogP contribution in [-0.4, -0.2) is 0 Å². The summed E-state index contributed by atoms with van der Waals surface area (Å²) in [5.41, 5.74) is 14.6. The fourth-order valence-corrected chi connectivity index (χ4v) is 3.07. The van der Waals surface area contributed by atoms with Crippen LogP contribution >= 0.6 is 22.6 Å². The van der Waals surface area contributed by atoms with Gasteiger partial charge >= 0.3 is 0 Å². The molecule has 0 saturated carbocycles. The van der Waals surface area contributed by atoms with Crippen molar-refractivity contribution in [3.05, 3.63) is 68.6 Å². The van der Waals surface area contributed by atoms with Gasteiger partial charge in [0.1, 0.15) is 17.4 Å². The van der Waals surface area contributed by atoms with Gasteiger partial charge in [-0.15, -0.1) is 0 Å². The number of halogens is 1. The number of nitrogens with two attached hydrogens (primary N) is 2. The van der Waals surface area contributed by atoms with Gasteiger partial charge in [-0.1, -0.05) is 18.2 Å². The Morgan fingerprint density at radius 1 is 1.14 bits per heavy atom. The summed E-state index contributed by atoms with van der Waals surface area (Å²) in [5, 5.41) is 9.45. The molecule has 1 atom stereocenters. The quantitative estimate of drug-likeness (QED) is 0.580. The van der Waals surface area contributed by atoms with Crippen molar-refractivity contribution >= 4 is 28.3 Å². The maximum atomic E-state index is 9.45. The van der Waals surface area contributed by atoms with Gasteiger partial charge in [0.05, 0.1) is 5.92 Å². The molecule has 1 aliphatic rings. The van der Waals surface area contributed by atoms with Gasteiger partial charge in [-0.25, -0.2) is 0 Å². The van der Waals surface area contributed by atoms with Crippen LogP contribution in [0.4, 0.5) is 5.69 Å². The van der Waals surface area contributed by atoms with Gasteiger partial charge in [-0.2, -0.15) is 5.26 Å². The van der Waals surface area contributed by atoms with Gasteiger partial charge in [0.25, 0.3) is 0 Å². The number of fused-ring (bicyclic) bond motifs is 1. The number of nitriles is 1. The van der Waals surface area contributed by atoms with Gasteiger partial charge in [-0.3, -0.25) is 0 Å². The zero-order valence-electron chi connectivity index (χ0n) is 11.0. The number of anilines is 1. The highest BCUT2D eigenvalue weighted by atomic mass is 127. The highest BCUT2D eigenvalue weighted by Gasteiger charge is 2.30. The van der Waals surface area contributed by atoms with Gasteiger partial charge in [0.2, 0.25) is 5.88 Å². The highest BCUT2D eigenvalue weighted by molar-refractivity contribution is 14.1. The number of hydrogen-bond acceptors (Lipinski definition) is 4. The molecule has 4 nitrogen and oxygen atoms in total. The zero-order valence-corrected chi connectivity index (χ0v) is 13.2. The van der Waals surface area contributed by atoms with Gasteiger partial charge in [0.15, 0.2) is 0 Å². The van der Waals surface area contributed by atoms with E-state index in [0.29, 0.717) is 17.0 Å². The SMILES string of the molecule is N#CC1=C(N)Oc2cc(N)ccc2[C@@H]1c1cccc(I)c1. The predicted molar refractivity (Wildman–Crippen MR) is 89.3 cm³/mol. The van der Waals surface area contributed by atoms with E-state index in [4.69, 9.17) is 16.2 Å². The number of nitrogens with zero attached hydrogens (tertiary/aromatic N) is 1. The zero-order chi connectivity index (χ0) is 15.0. The first-order valence-corrected chi connectivity index (χ1v) is 7.40. The standard InChI is InChI=1S/C16H12IN3O/c17-10-3-1-2-9(6-10)15-12-5-4-11(19)7-14(12)21-16(20)13(15)8-18/h1-7,15H,19-20H2/t15-/m0/s1. The molecule has 0 bridgehead atoms. The lowest BCUT2D eigenvalue weighted by Crippen LogP contribution is -2.21. The normalized spacial score (nSPS) is 16.9. The van der Waals surface area contributed by atoms with Crippen molar-refractivity contribution < 1.29 is 4.74 Å². The van der Waals surface area contributed by atoms with Crippen LogP contribution in [0.2, 0.25) is 0 Å². The third-order valence-electron chi connectivity index (χ3n) is 3.43. The van der Waals surface area contributed by atoms with E-state index in [1.165, 1.54) is 0 Å². The molecule has 3 rings (SSSR count). The Bertz CT molecular complexity index is 792. The second-order valence-corrected chi connectivity index (χ2v) is 6.02.